The Morgan fingerprint density at radius 3 is 2.10 bits per heavy atom. The van der Waals surface area contributed by atoms with Crippen molar-refractivity contribution < 1.29 is 9.53 Å². The molecule has 0 atom stereocenters. The molecule has 2 aromatic rings. The van der Waals surface area contributed by atoms with Gasteiger partial charge < -0.3 is 15.8 Å². The molecule has 0 saturated carbocycles. The number of nitrogens with one attached hydrogen (secondary N) is 1. The highest BCUT2D eigenvalue weighted by molar-refractivity contribution is 5.77. The highest BCUT2D eigenvalue weighted by Crippen LogP contribution is 2.22. The van der Waals surface area contributed by atoms with Gasteiger partial charge in [-0.05, 0) is 28.8 Å². The van der Waals surface area contributed by atoms with E-state index in [0.717, 1.165) is 16.7 Å². The van der Waals surface area contributed by atoms with E-state index < -0.39 is 0 Å². The standard InChI is InChI=1S/C16H18N2O2/c1-18-16(19)11-20-15-8-6-14(7-9-15)13-4-2-12(10-17)3-5-13/h2-9H,10-11,17H2,1H3,(H,18,19). The molecule has 0 unspecified atom stereocenters. The maximum Gasteiger partial charge on any atom is 0.257 e. The van der Waals surface area contributed by atoms with Crippen LogP contribution in [-0.2, 0) is 11.3 Å². The Kier molecular flexibility index (Phi) is 4.74. The lowest BCUT2D eigenvalue weighted by atomic mass is 10.0. The summed E-state index contributed by atoms with van der Waals surface area (Å²) in [5.74, 6) is 0.530. The molecule has 20 heavy (non-hydrogen) atoms. The van der Waals surface area contributed by atoms with Crippen molar-refractivity contribution in [1.29, 1.82) is 0 Å². The first-order valence-electron chi connectivity index (χ1n) is 6.46. The molecule has 0 heterocycles. The minimum Gasteiger partial charge on any atom is -0.484 e. The number of carbonyl (C=O) groups is 1. The molecule has 0 aromatic heterocycles. The quantitative estimate of drug-likeness (QED) is 0.872. The predicted molar refractivity (Wildman–Crippen MR) is 79.3 cm³/mol. The summed E-state index contributed by atoms with van der Waals surface area (Å²) in [5.41, 5.74) is 8.91. The zero-order chi connectivity index (χ0) is 14.4. The monoisotopic (exact) mass is 270 g/mol. The SMILES string of the molecule is CNC(=O)COc1ccc(-c2ccc(CN)cc2)cc1. The van der Waals surface area contributed by atoms with Crippen molar-refractivity contribution in [2.45, 2.75) is 6.54 Å². The summed E-state index contributed by atoms with van der Waals surface area (Å²) >= 11 is 0. The van der Waals surface area contributed by atoms with Crippen LogP contribution >= 0.6 is 0 Å². The molecule has 4 nitrogen and oxygen atoms in total. The van der Waals surface area contributed by atoms with Crippen molar-refractivity contribution in [1.82, 2.24) is 5.32 Å². The molecular formula is C16H18N2O2. The van der Waals surface area contributed by atoms with Gasteiger partial charge in [0.15, 0.2) is 6.61 Å². The number of likely N-dealkylation sites (N-methyl/N-ethyl adjacent to an activating group) is 1. The minimum absolute atomic E-state index is 0.0288. The topological polar surface area (TPSA) is 64.3 Å². The fraction of sp³-hybridized carbons (Fsp3) is 0.188. The van der Waals surface area contributed by atoms with Gasteiger partial charge in [0.25, 0.3) is 5.91 Å². The van der Waals surface area contributed by atoms with Crippen molar-refractivity contribution in [3.05, 3.63) is 54.1 Å². The Morgan fingerprint density at radius 1 is 1.05 bits per heavy atom. The second-order valence-corrected chi connectivity index (χ2v) is 4.39. The van der Waals surface area contributed by atoms with Crippen LogP contribution in [0, 0.1) is 0 Å². The van der Waals surface area contributed by atoms with Crippen LogP contribution < -0.4 is 15.8 Å². The van der Waals surface area contributed by atoms with Crippen LogP contribution in [0.5, 0.6) is 5.75 Å². The fourth-order valence-corrected chi connectivity index (χ4v) is 1.80. The normalized spacial score (nSPS) is 10.1. The number of hydrogen-bond donors (Lipinski definition) is 2. The minimum atomic E-state index is -0.147. The Hall–Kier alpha value is -2.33. The molecule has 1 amide bonds. The van der Waals surface area contributed by atoms with Gasteiger partial charge in [0.2, 0.25) is 0 Å². The van der Waals surface area contributed by atoms with Crippen molar-refractivity contribution in [2.75, 3.05) is 13.7 Å². The van der Waals surface area contributed by atoms with E-state index in [0.29, 0.717) is 12.3 Å². The maximum absolute atomic E-state index is 11.1. The van der Waals surface area contributed by atoms with Gasteiger partial charge in [-0.25, -0.2) is 0 Å². The zero-order valence-electron chi connectivity index (χ0n) is 11.4. The molecule has 0 fully saturated rings. The van der Waals surface area contributed by atoms with E-state index in [2.05, 4.69) is 5.32 Å². The van der Waals surface area contributed by atoms with Gasteiger partial charge in [-0.2, -0.15) is 0 Å². The number of rotatable bonds is 5. The maximum atomic E-state index is 11.1. The highest BCUT2D eigenvalue weighted by atomic mass is 16.5. The van der Waals surface area contributed by atoms with Gasteiger partial charge in [-0.1, -0.05) is 36.4 Å². The Morgan fingerprint density at radius 2 is 1.60 bits per heavy atom. The van der Waals surface area contributed by atoms with E-state index in [1.165, 1.54) is 0 Å². The summed E-state index contributed by atoms with van der Waals surface area (Å²) in [6, 6.07) is 15.8. The third-order valence-corrected chi connectivity index (χ3v) is 3.03. The van der Waals surface area contributed by atoms with E-state index >= 15 is 0 Å². The lowest BCUT2D eigenvalue weighted by Gasteiger charge is -2.07. The van der Waals surface area contributed by atoms with Gasteiger partial charge in [0.1, 0.15) is 5.75 Å². The molecule has 0 spiro atoms. The van der Waals surface area contributed by atoms with Gasteiger partial charge in [-0.15, -0.1) is 0 Å². The van der Waals surface area contributed by atoms with E-state index in [1.807, 2.05) is 48.5 Å². The number of benzene rings is 2. The third-order valence-electron chi connectivity index (χ3n) is 3.03. The Labute approximate surface area is 118 Å². The van der Waals surface area contributed by atoms with E-state index in [9.17, 15) is 4.79 Å². The van der Waals surface area contributed by atoms with Crippen molar-refractivity contribution in [3.8, 4) is 16.9 Å². The largest absolute Gasteiger partial charge is 0.484 e. The first-order valence-corrected chi connectivity index (χ1v) is 6.46. The molecule has 0 aliphatic carbocycles. The van der Waals surface area contributed by atoms with E-state index in [4.69, 9.17) is 10.5 Å². The lowest BCUT2D eigenvalue weighted by Crippen LogP contribution is -2.24. The first kappa shape index (κ1) is 14.1. The van der Waals surface area contributed by atoms with Crippen molar-refractivity contribution in [2.24, 2.45) is 5.73 Å². The van der Waals surface area contributed by atoms with Crippen molar-refractivity contribution in [3.63, 3.8) is 0 Å². The summed E-state index contributed by atoms with van der Waals surface area (Å²) in [6.07, 6.45) is 0. The van der Waals surface area contributed by atoms with E-state index in [1.54, 1.807) is 7.05 Å². The smallest absolute Gasteiger partial charge is 0.257 e. The predicted octanol–water partition coefficient (Wildman–Crippen LogP) is 1.94. The molecule has 0 aliphatic heterocycles. The first-order chi connectivity index (χ1) is 9.72. The number of nitrogens with two attached hydrogens (primary N) is 1. The molecule has 104 valence electrons. The van der Waals surface area contributed by atoms with Crippen LogP contribution in [0.15, 0.2) is 48.5 Å². The lowest BCUT2D eigenvalue weighted by molar-refractivity contribution is -0.122. The van der Waals surface area contributed by atoms with Gasteiger partial charge in [0.05, 0.1) is 0 Å². The van der Waals surface area contributed by atoms with Gasteiger partial charge in [0, 0.05) is 13.6 Å². The third kappa shape index (κ3) is 3.59. The summed E-state index contributed by atoms with van der Waals surface area (Å²) < 4.78 is 5.36. The molecule has 3 N–H and O–H groups in total. The number of amides is 1. The van der Waals surface area contributed by atoms with Crippen LogP contribution in [0.4, 0.5) is 0 Å². The van der Waals surface area contributed by atoms with Crippen LogP contribution in [0.3, 0.4) is 0 Å². The van der Waals surface area contributed by atoms with E-state index in [-0.39, 0.29) is 12.5 Å². The molecular weight excluding hydrogens is 252 g/mol. The van der Waals surface area contributed by atoms with Crippen LogP contribution in [-0.4, -0.2) is 19.6 Å². The number of hydrogen-bond acceptors (Lipinski definition) is 3. The molecule has 0 radical (unpaired) electrons. The molecule has 4 heteroatoms. The molecule has 0 saturated heterocycles. The average Bonchev–Trinajstić information content (AvgIpc) is 2.53. The number of ether oxygens (including phenoxy) is 1. The molecule has 0 bridgehead atoms. The summed E-state index contributed by atoms with van der Waals surface area (Å²) in [5, 5.41) is 2.51. The molecule has 0 aliphatic rings. The second-order valence-electron chi connectivity index (χ2n) is 4.39. The Bertz CT molecular complexity index is 562. The Balaban J connectivity index is 2.05. The highest BCUT2D eigenvalue weighted by Gasteiger charge is 2.01. The molecule has 2 aromatic carbocycles. The summed E-state index contributed by atoms with van der Waals surface area (Å²) in [6.45, 7) is 0.577. The van der Waals surface area contributed by atoms with Crippen LogP contribution in [0.25, 0.3) is 11.1 Å². The second kappa shape index (κ2) is 6.73. The number of carbonyl (C=O) groups excluding carboxylic acids is 1. The zero-order valence-corrected chi connectivity index (χ0v) is 11.4. The summed E-state index contributed by atoms with van der Waals surface area (Å²) in [4.78, 5) is 11.1. The van der Waals surface area contributed by atoms with Crippen LogP contribution in [0.2, 0.25) is 0 Å². The van der Waals surface area contributed by atoms with Gasteiger partial charge in [-0.3, -0.25) is 4.79 Å². The summed E-state index contributed by atoms with van der Waals surface area (Å²) in [7, 11) is 1.58. The van der Waals surface area contributed by atoms with Crippen LogP contribution in [0.1, 0.15) is 5.56 Å². The van der Waals surface area contributed by atoms with Crippen molar-refractivity contribution >= 4 is 5.91 Å². The molecule has 2 rings (SSSR count). The average molecular weight is 270 g/mol. The van der Waals surface area contributed by atoms with Gasteiger partial charge >= 0.3 is 0 Å². The fourth-order valence-electron chi connectivity index (χ4n) is 1.80.